The molecular weight excluding hydrogens is 196 g/mol. The molecule has 0 aliphatic heterocycles. The number of nitrogens with one attached hydrogen (secondary N) is 1. The molecule has 0 radical (unpaired) electrons. The normalized spacial score (nSPS) is 10.5. The predicted octanol–water partition coefficient (Wildman–Crippen LogP) is 0.170. The van der Waals surface area contributed by atoms with Gasteiger partial charge in [0.2, 0.25) is 0 Å². The molecule has 1 aromatic heterocycles. The van der Waals surface area contributed by atoms with Gasteiger partial charge in [0, 0.05) is 20.8 Å². The standard InChI is InChI=1S/C9H18N4O2/c1-14-5-3-11-9-8(10)7-12-13(9)4-6-15-2/h7,11H,3-6,10H2,1-2H3. The Morgan fingerprint density at radius 3 is 2.80 bits per heavy atom. The van der Waals surface area contributed by atoms with Crippen LogP contribution in [-0.2, 0) is 16.0 Å². The Bertz CT molecular complexity index is 288. The highest BCUT2D eigenvalue weighted by Gasteiger charge is 2.06. The van der Waals surface area contributed by atoms with E-state index in [-0.39, 0.29) is 0 Å². The van der Waals surface area contributed by atoms with Crippen LogP contribution < -0.4 is 11.1 Å². The molecule has 0 fully saturated rings. The third-order valence-corrected chi connectivity index (χ3v) is 1.97. The second-order valence-corrected chi connectivity index (χ2v) is 3.08. The van der Waals surface area contributed by atoms with E-state index in [9.17, 15) is 0 Å². The highest BCUT2D eigenvalue weighted by atomic mass is 16.5. The molecule has 15 heavy (non-hydrogen) atoms. The predicted molar refractivity (Wildman–Crippen MR) is 58.9 cm³/mol. The fourth-order valence-corrected chi connectivity index (χ4v) is 1.21. The van der Waals surface area contributed by atoms with Crippen LogP contribution in [0.25, 0.3) is 0 Å². The topological polar surface area (TPSA) is 74.3 Å². The van der Waals surface area contributed by atoms with Crippen molar-refractivity contribution in [2.24, 2.45) is 0 Å². The van der Waals surface area contributed by atoms with Gasteiger partial charge in [-0.05, 0) is 0 Å². The van der Waals surface area contributed by atoms with Gasteiger partial charge in [0.25, 0.3) is 0 Å². The molecule has 0 unspecified atom stereocenters. The maximum atomic E-state index is 5.77. The van der Waals surface area contributed by atoms with E-state index in [1.165, 1.54) is 0 Å². The zero-order chi connectivity index (χ0) is 11.1. The molecule has 0 aliphatic carbocycles. The molecule has 6 nitrogen and oxygen atoms in total. The van der Waals surface area contributed by atoms with E-state index in [0.29, 0.717) is 32.0 Å². The van der Waals surface area contributed by atoms with Crippen molar-refractivity contribution >= 4 is 11.5 Å². The Balaban J connectivity index is 2.54. The Labute approximate surface area is 89.3 Å². The molecule has 3 N–H and O–H groups in total. The van der Waals surface area contributed by atoms with Crippen LogP contribution in [-0.4, -0.2) is 43.8 Å². The SMILES string of the molecule is COCCNc1c(N)cnn1CCOC. The van der Waals surface area contributed by atoms with Crippen molar-refractivity contribution in [3.8, 4) is 0 Å². The fraction of sp³-hybridized carbons (Fsp3) is 0.667. The number of nitrogens with two attached hydrogens (primary N) is 1. The summed E-state index contributed by atoms with van der Waals surface area (Å²) in [5, 5.41) is 7.31. The average Bonchev–Trinajstić information content (AvgIpc) is 2.58. The van der Waals surface area contributed by atoms with E-state index in [0.717, 1.165) is 5.82 Å². The molecule has 0 aliphatic rings. The van der Waals surface area contributed by atoms with Crippen LogP contribution in [0.5, 0.6) is 0 Å². The minimum atomic E-state index is 0.611. The van der Waals surface area contributed by atoms with Gasteiger partial charge in [-0.1, -0.05) is 0 Å². The summed E-state index contributed by atoms with van der Waals surface area (Å²) in [4.78, 5) is 0. The molecule has 0 amide bonds. The summed E-state index contributed by atoms with van der Waals surface area (Å²) in [6.45, 7) is 2.64. The maximum Gasteiger partial charge on any atom is 0.147 e. The maximum absolute atomic E-state index is 5.77. The summed E-state index contributed by atoms with van der Waals surface area (Å²) in [6, 6.07) is 0. The van der Waals surface area contributed by atoms with E-state index >= 15 is 0 Å². The number of anilines is 2. The first kappa shape index (κ1) is 11.8. The lowest BCUT2D eigenvalue weighted by molar-refractivity contribution is 0.184. The lowest BCUT2D eigenvalue weighted by atomic mass is 10.5. The van der Waals surface area contributed by atoms with Gasteiger partial charge in [-0.2, -0.15) is 5.10 Å². The number of nitrogens with zero attached hydrogens (tertiary/aromatic N) is 2. The third kappa shape index (κ3) is 3.41. The van der Waals surface area contributed by atoms with Gasteiger partial charge in [-0.25, -0.2) is 4.68 Å². The number of aromatic nitrogens is 2. The molecule has 0 aromatic carbocycles. The van der Waals surface area contributed by atoms with Crippen molar-refractivity contribution in [2.45, 2.75) is 6.54 Å². The molecule has 6 heteroatoms. The highest BCUT2D eigenvalue weighted by Crippen LogP contribution is 2.16. The molecule has 0 saturated heterocycles. The Kier molecular flexibility index (Phi) is 4.92. The highest BCUT2D eigenvalue weighted by molar-refractivity contribution is 5.60. The summed E-state index contributed by atoms with van der Waals surface area (Å²) in [6.07, 6.45) is 1.63. The lowest BCUT2D eigenvalue weighted by Gasteiger charge is -2.09. The van der Waals surface area contributed by atoms with Crippen LogP contribution in [0.2, 0.25) is 0 Å². The van der Waals surface area contributed by atoms with Gasteiger partial charge in [-0.3, -0.25) is 0 Å². The Morgan fingerprint density at radius 2 is 2.13 bits per heavy atom. The quantitative estimate of drug-likeness (QED) is 0.633. The second kappa shape index (κ2) is 6.26. The van der Waals surface area contributed by atoms with Crippen LogP contribution in [0, 0.1) is 0 Å². The van der Waals surface area contributed by atoms with E-state index in [2.05, 4.69) is 10.4 Å². The number of nitrogen functional groups attached to an aromatic ring is 1. The van der Waals surface area contributed by atoms with Gasteiger partial charge >= 0.3 is 0 Å². The van der Waals surface area contributed by atoms with Gasteiger partial charge in [-0.15, -0.1) is 0 Å². The Hall–Kier alpha value is -1.27. The summed E-state index contributed by atoms with van der Waals surface area (Å²) in [5.74, 6) is 0.823. The summed E-state index contributed by atoms with van der Waals surface area (Å²) in [7, 11) is 3.32. The van der Waals surface area contributed by atoms with Crippen molar-refractivity contribution in [1.29, 1.82) is 0 Å². The zero-order valence-electron chi connectivity index (χ0n) is 9.19. The van der Waals surface area contributed by atoms with Crippen LogP contribution in [0.3, 0.4) is 0 Å². The molecule has 0 bridgehead atoms. The minimum absolute atomic E-state index is 0.611. The number of rotatable bonds is 7. The molecule has 1 aromatic rings. The van der Waals surface area contributed by atoms with Crippen molar-refractivity contribution in [3.63, 3.8) is 0 Å². The zero-order valence-corrected chi connectivity index (χ0v) is 9.19. The summed E-state index contributed by atoms with van der Waals surface area (Å²) < 4.78 is 11.7. The van der Waals surface area contributed by atoms with Gasteiger partial charge in [0.05, 0.1) is 31.6 Å². The van der Waals surface area contributed by atoms with E-state index in [1.54, 1.807) is 25.1 Å². The molecule has 1 rings (SSSR count). The van der Waals surface area contributed by atoms with E-state index < -0.39 is 0 Å². The van der Waals surface area contributed by atoms with Crippen LogP contribution >= 0.6 is 0 Å². The largest absolute Gasteiger partial charge is 0.394 e. The van der Waals surface area contributed by atoms with Crippen molar-refractivity contribution in [1.82, 2.24) is 9.78 Å². The average molecular weight is 214 g/mol. The van der Waals surface area contributed by atoms with Gasteiger partial charge < -0.3 is 20.5 Å². The molecule has 0 saturated carbocycles. The number of hydrogen-bond donors (Lipinski definition) is 2. The lowest BCUT2D eigenvalue weighted by Crippen LogP contribution is -2.15. The molecule has 86 valence electrons. The molecular formula is C9H18N4O2. The molecule has 0 spiro atoms. The van der Waals surface area contributed by atoms with Crippen LogP contribution in [0.4, 0.5) is 11.5 Å². The first-order chi connectivity index (χ1) is 7.29. The van der Waals surface area contributed by atoms with Crippen molar-refractivity contribution in [2.75, 3.05) is 45.0 Å². The summed E-state index contributed by atoms with van der Waals surface area (Å²) in [5.41, 5.74) is 6.41. The number of methoxy groups -OCH3 is 2. The second-order valence-electron chi connectivity index (χ2n) is 3.08. The molecule has 1 heterocycles. The van der Waals surface area contributed by atoms with Crippen molar-refractivity contribution in [3.05, 3.63) is 6.20 Å². The smallest absolute Gasteiger partial charge is 0.147 e. The number of ether oxygens (including phenoxy) is 2. The van der Waals surface area contributed by atoms with Crippen LogP contribution in [0.15, 0.2) is 6.20 Å². The summed E-state index contributed by atoms with van der Waals surface area (Å²) >= 11 is 0. The van der Waals surface area contributed by atoms with Gasteiger partial charge in [0.15, 0.2) is 0 Å². The monoisotopic (exact) mass is 214 g/mol. The molecule has 0 atom stereocenters. The Morgan fingerprint density at radius 1 is 1.40 bits per heavy atom. The fourth-order valence-electron chi connectivity index (χ4n) is 1.21. The van der Waals surface area contributed by atoms with Crippen LogP contribution in [0.1, 0.15) is 0 Å². The minimum Gasteiger partial charge on any atom is -0.394 e. The van der Waals surface area contributed by atoms with E-state index in [1.807, 2.05) is 0 Å². The first-order valence-corrected chi connectivity index (χ1v) is 4.82. The number of hydrogen-bond acceptors (Lipinski definition) is 5. The van der Waals surface area contributed by atoms with Gasteiger partial charge in [0.1, 0.15) is 5.82 Å². The third-order valence-electron chi connectivity index (χ3n) is 1.97. The first-order valence-electron chi connectivity index (χ1n) is 4.82. The van der Waals surface area contributed by atoms with E-state index in [4.69, 9.17) is 15.2 Å². The van der Waals surface area contributed by atoms with Crippen molar-refractivity contribution < 1.29 is 9.47 Å².